The first kappa shape index (κ1) is 16.2. The third-order valence-electron chi connectivity index (χ3n) is 3.12. The molecule has 2 heteroatoms. The van der Waals surface area contributed by atoms with E-state index in [-0.39, 0.29) is 0 Å². The van der Waals surface area contributed by atoms with Crippen molar-refractivity contribution in [2.45, 2.75) is 40.5 Å². The molecule has 2 heterocycles. The van der Waals surface area contributed by atoms with Crippen LogP contribution in [0.5, 0.6) is 0 Å². The third kappa shape index (κ3) is 5.43. The summed E-state index contributed by atoms with van der Waals surface area (Å²) in [5, 5.41) is 4.09. The van der Waals surface area contributed by atoms with E-state index in [0.29, 0.717) is 11.8 Å². The Labute approximate surface area is 123 Å². The first-order valence-electron chi connectivity index (χ1n) is 7.10. The van der Waals surface area contributed by atoms with Crippen LogP contribution in [0.15, 0.2) is 54.5 Å². The zero-order valence-electron chi connectivity index (χ0n) is 13.2. The van der Waals surface area contributed by atoms with Gasteiger partial charge in [-0.2, -0.15) is 6.20 Å². The van der Waals surface area contributed by atoms with Crippen molar-refractivity contribution in [1.29, 1.82) is 0 Å². The Hall–Kier alpha value is -1.83. The summed E-state index contributed by atoms with van der Waals surface area (Å²) in [5.41, 5.74) is 4.51. The number of nitrogens with zero attached hydrogens (tertiary/aromatic N) is 2. The SMILES string of the molecule is C=C1C=CC(C(C)C)=C[N-]1.Cc1ccc(C(C)C)cn1. The van der Waals surface area contributed by atoms with Crippen LogP contribution in [0.3, 0.4) is 0 Å². The van der Waals surface area contributed by atoms with Crippen LogP contribution in [-0.4, -0.2) is 4.98 Å². The molecule has 108 valence electrons. The number of rotatable bonds is 2. The van der Waals surface area contributed by atoms with E-state index in [0.717, 1.165) is 11.4 Å². The van der Waals surface area contributed by atoms with Crippen LogP contribution in [0.4, 0.5) is 0 Å². The lowest BCUT2D eigenvalue weighted by Gasteiger charge is -2.24. The summed E-state index contributed by atoms with van der Waals surface area (Å²) in [7, 11) is 0. The highest BCUT2D eigenvalue weighted by Crippen LogP contribution is 2.21. The van der Waals surface area contributed by atoms with Gasteiger partial charge in [-0.3, -0.25) is 4.98 Å². The minimum Gasteiger partial charge on any atom is -0.664 e. The molecule has 2 rings (SSSR count). The molecule has 0 atom stereocenters. The molecule has 0 fully saturated rings. The Bertz CT molecular complexity index is 491. The largest absolute Gasteiger partial charge is 0.664 e. The van der Waals surface area contributed by atoms with Gasteiger partial charge >= 0.3 is 0 Å². The van der Waals surface area contributed by atoms with Gasteiger partial charge < -0.3 is 5.32 Å². The smallest absolute Gasteiger partial charge is 0.0372 e. The molecular weight excluding hydrogens is 244 g/mol. The summed E-state index contributed by atoms with van der Waals surface area (Å²) in [5.74, 6) is 1.15. The highest BCUT2D eigenvalue weighted by atomic mass is 14.8. The van der Waals surface area contributed by atoms with Gasteiger partial charge in [0, 0.05) is 11.9 Å². The average Bonchev–Trinajstić information content (AvgIpc) is 2.40. The van der Waals surface area contributed by atoms with Gasteiger partial charge in [-0.05, 0) is 30.4 Å². The van der Waals surface area contributed by atoms with Crippen LogP contribution in [0.25, 0.3) is 5.32 Å². The van der Waals surface area contributed by atoms with Crippen LogP contribution < -0.4 is 0 Å². The number of aromatic nitrogens is 1. The Morgan fingerprint density at radius 2 is 1.75 bits per heavy atom. The van der Waals surface area contributed by atoms with Crippen molar-refractivity contribution in [3.63, 3.8) is 0 Å². The standard InChI is InChI=1S/C9H13N.C9H12N/c2*1-7(2)9-5-4-8(3)10-6-9/h4-7H,1-3H3;4-7H,3H2,1-2H3/q;-1. The summed E-state index contributed by atoms with van der Waals surface area (Å²) < 4.78 is 0. The molecule has 20 heavy (non-hydrogen) atoms. The molecule has 0 bridgehead atoms. The number of pyridine rings is 1. The van der Waals surface area contributed by atoms with Crippen LogP contribution in [0, 0.1) is 12.8 Å². The lowest BCUT2D eigenvalue weighted by atomic mass is 10.0. The number of aryl methyl sites for hydroxylation is 1. The van der Waals surface area contributed by atoms with Crippen LogP contribution >= 0.6 is 0 Å². The predicted molar refractivity (Wildman–Crippen MR) is 87.6 cm³/mol. The summed E-state index contributed by atoms with van der Waals surface area (Å²) in [6, 6.07) is 4.18. The molecule has 0 N–H and O–H groups in total. The second-order valence-corrected chi connectivity index (χ2v) is 5.63. The molecule has 0 spiro atoms. The fourth-order valence-corrected chi connectivity index (χ4v) is 1.60. The van der Waals surface area contributed by atoms with E-state index in [1.165, 1.54) is 11.1 Å². The predicted octanol–water partition coefficient (Wildman–Crippen LogP) is 5.50. The minimum absolute atomic E-state index is 0.563. The lowest BCUT2D eigenvalue weighted by molar-refractivity contribution is 0.789. The van der Waals surface area contributed by atoms with Gasteiger partial charge in [0.25, 0.3) is 0 Å². The maximum absolute atomic E-state index is 4.20. The van der Waals surface area contributed by atoms with Crippen molar-refractivity contribution in [2.24, 2.45) is 5.92 Å². The molecule has 0 unspecified atom stereocenters. The van der Waals surface area contributed by atoms with E-state index in [9.17, 15) is 0 Å². The fraction of sp³-hybridized carbons (Fsp3) is 0.389. The minimum atomic E-state index is 0.563. The first-order valence-corrected chi connectivity index (χ1v) is 7.10. The number of allylic oxidation sites excluding steroid dienone is 3. The van der Waals surface area contributed by atoms with Crippen LogP contribution in [0.2, 0.25) is 0 Å². The average molecular weight is 269 g/mol. The van der Waals surface area contributed by atoms with E-state index in [2.05, 4.69) is 62.8 Å². The molecule has 0 amide bonds. The zero-order chi connectivity index (χ0) is 15.1. The lowest BCUT2D eigenvalue weighted by Crippen LogP contribution is -1.93. The van der Waals surface area contributed by atoms with Gasteiger partial charge in [0.05, 0.1) is 0 Å². The second-order valence-electron chi connectivity index (χ2n) is 5.63. The fourth-order valence-electron chi connectivity index (χ4n) is 1.60. The zero-order valence-corrected chi connectivity index (χ0v) is 13.2. The van der Waals surface area contributed by atoms with Crippen molar-refractivity contribution < 1.29 is 0 Å². The van der Waals surface area contributed by atoms with Gasteiger partial charge in [0.1, 0.15) is 0 Å². The van der Waals surface area contributed by atoms with E-state index < -0.39 is 0 Å². The monoisotopic (exact) mass is 269 g/mol. The van der Waals surface area contributed by atoms with Gasteiger partial charge in [-0.15, -0.1) is 12.3 Å². The van der Waals surface area contributed by atoms with Gasteiger partial charge in [0.15, 0.2) is 0 Å². The maximum Gasteiger partial charge on any atom is 0.0372 e. The highest BCUT2D eigenvalue weighted by Gasteiger charge is 1.97. The molecule has 0 saturated heterocycles. The molecule has 0 saturated carbocycles. The molecule has 0 aliphatic carbocycles. The van der Waals surface area contributed by atoms with E-state index in [4.69, 9.17) is 0 Å². The molecule has 1 aliphatic heterocycles. The highest BCUT2D eigenvalue weighted by molar-refractivity contribution is 5.43. The number of hydrogen-bond donors (Lipinski definition) is 0. The van der Waals surface area contributed by atoms with Crippen molar-refractivity contribution in [3.05, 3.63) is 71.1 Å². The maximum atomic E-state index is 4.20. The Kier molecular flexibility index (Phi) is 6.23. The molecule has 1 aromatic heterocycles. The molecule has 1 aliphatic rings. The molecule has 0 radical (unpaired) electrons. The molecule has 0 aromatic carbocycles. The summed E-state index contributed by atoms with van der Waals surface area (Å²) >= 11 is 0. The van der Waals surface area contributed by atoms with E-state index in [1.807, 2.05) is 25.4 Å². The second kappa shape index (κ2) is 7.68. The van der Waals surface area contributed by atoms with Gasteiger partial charge in [0.2, 0.25) is 0 Å². The topological polar surface area (TPSA) is 27.0 Å². The Morgan fingerprint density at radius 1 is 1.05 bits per heavy atom. The Morgan fingerprint density at radius 3 is 2.15 bits per heavy atom. The molecule has 2 nitrogen and oxygen atoms in total. The summed E-state index contributed by atoms with van der Waals surface area (Å²) in [4.78, 5) is 4.20. The summed E-state index contributed by atoms with van der Waals surface area (Å²) in [6.07, 6.45) is 7.84. The van der Waals surface area contributed by atoms with Crippen molar-refractivity contribution in [2.75, 3.05) is 0 Å². The van der Waals surface area contributed by atoms with Gasteiger partial charge in [-0.25, -0.2) is 0 Å². The first-order chi connectivity index (χ1) is 9.40. The number of hydrogen-bond acceptors (Lipinski definition) is 1. The van der Waals surface area contributed by atoms with Crippen molar-refractivity contribution in [3.8, 4) is 0 Å². The van der Waals surface area contributed by atoms with Crippen molar-refractivity contribution in [1.82, 2.24) is 4.98 Å². The Balaban J connectivity index is 0.000000200. The third-order valence-corrected chi connectivity index (χ3v) is 3.12. The normalized spacial score (nSPS) is 13.8. The van der Waals surface area contributed by atoms with Gasteiger partial charge in [-0.1, -0.05) is 51.5 Å². The van der Waals surface area contributed by atoms with Crippen LogP contribution in [-0.2, 0) is 0 Å². The molecule has 1 aromatic rings. The van der Waals surface area contributed by atoms with Crippen LogP contribution in [0.1, 0.15) is 44.9 Å². The van der Waals surface area contributed by atoms with E-state index in [1.54, 1.807) is 0 Å². The molecular formula is C18H25N2-. The van der Waals surface area contributed by atoms with Crippen molar-refractivity contribution >= 4 is 0 Å². The summed E-state index contributed by atoms with van der Waals surface area (Å²) in [6.45, 7) is 14.4. The quantitative estimate of drug-likeness (QED) is 0.696. The van der Waals surface area contributed by atoms with E-state index >= 15 is 0 Å².